The molecule has 0 amide bonds. The number of ether oxygens (including phenoxy) is 1. The largest absolute Gasteiger partial charge is 0.494 e. The van der Waals surface area contributed by atoms with Crippen molar-refractivity contribution in [2.24, 2.45) is 0 Å². The lowest BCUT2D eigenvalue weighted by molar-refractivity contribution is 0.105. The summed E-state index contributed by atoms with van der Waals surface area (Å²) in [5.41, 5.74) is 3.03. The molecule has 0 fully saturated rings. The van der Waals surface area contributed by atoms with E-state index >= 15 is 0 Å². The Bertz CT molecular complexity index is 1460. The van der Waals surface area contributed by atoms with Crippen LogP contribution in [0, 0.1) is 0 Å². The van der Waals surface area contributed by atoms with Gasteiger partial charge < -0.3 is 13.6 Å². The third-order valence-corrected chi connectivity index (χ3v) is 5.93. The fourth-order valence-electron chi connectivity index (χ4n) is 3.63. The fourth-order valence-corrected chi connectivity index (χ4v) is 3.90. The molecule has 0 saturated heterocycles. The molecule has 35 heavy (non-hydrogen) atoms. The summed E-state index contributed by atoms with van der Waals surface area (Å²) in [5, 5.41) is 0. The van der Waals surface area contributed by atoms with Crippen molar-refractivity contribution >= 4 is 44.5 Å². The van der Waals surface area contributed by atoms with Crippen LogP contribution >= 0.6 is 15.9 Å². The molecule has 174 valence electrons. The quantitative estimate of drug-likeness (QED) is 0.151. The highest BCUT2D eigenvalue weighted by atomic mass is 79.9. The molecule has 0 aliphatic heterocycles. The van der Waals surface area contributed by atoms with Crippen molar-refractivity contribution in [1.82, 2.24) is 4.98 Å². The van der Waals surface area contributed by atoms with Gasteiger partial charge in [0.1, 0.15) is 22.8 Å². The molecule has 0 N–H and O–H groups in total. The zero-order valence-electron chi connectivity index (χ0n) is 19.0. The van der Waals surface area contributed by atoms with Crippen LogP contribution in [0.3, 0.4) is 0 Å². The number of allylic oxidation sites excluding steroid dienone is 1. The average Bonchev–Trinajstić information content (AvgIpc) is 3.53. The Labute approximate surface area is 211 Å². The second-order valence-corrected chi connectivity index (χ2v) is 8.87. The summed E-state index contributed by atoms with van der Waals surface area (Å²) in [5.74, 6) is 1.97. The van der Waals surface area contributed by atoms with Crippen LogP contribution in [0.25, 0.3) is 34.1 Å². The lowest BCUT2D eigenvalue weighted by Gasteiger charge is -2.06. The normalized spacial score (nSPS) is 11.7. The van der Waals surface area contributed by atoms with Gasteiger partial charge in [0.15, 0.2) is 11.4 Å². The van der Waals surface area contributed by atoms with Crippen LogP contribution in [-0.4, -0.2) is 17.4 Å². The number of nitrogens with zero attached hydrogens (tertiary/aromatic N) is 1. The number of fused-ring (bicyclic) bond motifs is 1. The molecule has 6 heteroatoms. The lowest BCUT2D eigenvalue weighted by atomic mass is 10.0. The van der Waals surface area contributed by atoms with Gasteiger partial charge in [-0.15, -0.1) is 0 Å². The number of Topliss-reactive ketones (excluding diaryl/α,β-unsaturated/α-hetero) is 1. The number of oxazole rings is 1. The molecule has 2 aromatic heterocycles. The monoisotopic (exact) mass is 527 g/mol. The zero-order chi connectivity index (χ0) is 24.2. The predicted octanol–water partition coefficient (Wildman–Crippen LogP) is 8.06. The van der Waals surface area contributed by atoms with Gasteiger partial charge >= 0.3 is 0 Å². The van der Waals surface area contributed by atoms with E-state index in [1.54, 1.807) is 30.3 Å². The number of hydrogen-bond donors (Lipinski definition) is 0. The third-order valence-electron chi connectivity index (χ3n) is 5.40. The predicted molar refractivity (Wildman–Crippen MR) is 140 cm³/mol. The summed E-state index contributed by atoms with van der Waals surface area (Å²) in [6.07, 6.45) is 2.59. The van der Waals surface area contributed by atoms with Gasteiger partial charge in [-0.1, -0.05) is 47.1 Å². The molecule has 0 radical (unpaired) electrons. The molecule has 5 aromatic rings. The number of carbonyl (C=O) groups is 1. The Morgan fingerprint density at radius 1 is 0.943 bits per heavy atom. The van der Waals surface area contributed by atoms with Gasteiger partial charge in [0.25, 0.3) is 0 Å². The Morgan fingerprint density at radius 2 is 1.71 bits per heavy atom. The average molecular weight is 528 g/mol. The molecule has 5 nitrogen and oxygen atoms in total. The van der Waals surface area contributed by atoms with Crippen LogP contribution < -0.4 is 4.74 Å². The van der Waals surface area contributed by atoms with Gasteiger partial charge in [0.05, 0.1) is 12.2 Å². The molecule has 0 aliphatic rings. The van der Waals surface area contributed by atoms with Crippen molar-refractivity contribution in [3.8, 4) is 17.1 Å². The maximum absolute atomic E-state index is 13.6. The van der Waals surface area contributed by atoms with Gasteiger partial charge in [0.2, 0.25) is 5.89 Å². The summed E-state index contributed by atoms with van der Waals surface area (Å²) in [6.45, 7) is 2.67. The Hall–Kier alpha value is -3.90. The molecule has 0 spiro atoms. The van der Waals surface area contributed by atoms with Gasteiger partial charge in [-0.25, -0.2) is 4.98 Å². The van der Waals surface area contributed by atoms with E-state index in [1.807, 2.05) is 67.6 Å². The highest BCUT2D eigenvalue weighted by molar-refractivity contribution is 9.10. The molecule has 3 aromatic carbocycles. The molecule has 0 atom stereocenters. The molecule has 0 unspecified atom stereocenters. The second-order valence-electron chi connectivity index (χ2n) is 7.96. The van der Waals surface area contributed by atoms with E-state index in [0.29, 0.717) is 40.4 Å². The van der Waals surface area contributed by atoms with E-state index in [4.69, 9.17) is 13.6 Å². The van der Waals surface area contributed by atoms with Crippen LogP contribution in [0.5, 0.6) is 5.75 Å². The number of aromatic nitrogens is 1. The maximum atomic E-state index is 13.6. The van der Waals surface area contributed by atoms with Crippen LogP contribution in [0.15, 0.2) is 98.2 Å². The second kappa shape index (κ2) is 10.2. The number of halogens is 1. The van der Waals surface area contributed by atoms with E-state index in [0.717, 1.165) is 22.2 Å². The lowest BCUT2D eigenvalue weighted by Crippen LogP contribution is -2.03. The van der Waals surface area contributed by atoms with Crippen molar-refractivity contribution in [3.63, 3.8) is 0 Å². The fraction of sp³-hybridized carbons (Fsp3) is 0.103. The van der Waals surface area contributed by atoms with Crippen LogP contribution in [-0.2, 0) is 0 Å². The number of furan rings is 1. The minimum Gasteiger partial charge on any atom is -0.494 e. The van der Waals surface area contributed by atoms with E-state index in [2.05, 4.69) is 20.9 Å². The van der Waals surface area contributed by atoms with Crippen molar-refractivity contribution in [2.75, 3.05) is 6.61 Å². The van der Waals surface area contributed by atoms with Gasteiger partial charge in [0, 0.05) is 15.6 Å². The van der Waals surface area contributed by atoms with E-state index in [1.165, 1.54) is 0 Å². The SMILES string of the molecule is CCCOc1ccc(C(=O)C(=Cc2ccc(-c3ccc(Br)cc3)o2)c2nc3ccccc3o2)cc1. The van der Waals surface area contributed by atoms with Crippen LogP contribution in [0.2, 0.25) is 0 Å². The van der Waals surface area contributed by atoms with Crippen molar-refractivity contribution in [3.05, 3.63) is 107 Å². The van der Waals surface area contributed by atoms with Crippen LogP contribution in [0.1, 0.15) is 35.4 Å². The highest BCUT2D eigenvalue weighted by Gasteiger charge is 2.21. The zero-order valence-corrected chi connectivity index (χ0v) is 20.6. The highest BCUT2D eigenvalue weighted by Crippen LogP contribution is 2.30. The summed E-state index contributed by atoms with van der Waals surface area (Å²) in [6, 6.07) is 26.1. The Kier molecular flexibility index (Phi) is 6.64. The first kappa shape index (κ1) is 22.9. The topological polar surface area (TPSA) is 65.5 Å². The van der Waals surface area contributed by atoms with Crippen molar-refractivity contribution in [1.29, 1.82) is 0 Å². The molecule has 5 rings (SSSR count). The molecular formula is C29H22BrNO4. The number of rotatable bonds is 8. The van der Waals surface area contributed by atoms with Gasteiger partial charge in [-0.05, 0) is 73.2 Å². The van der Waals surface area contributed by atoms with E-state index in [9.17, 15) is 4.79 Å². The molecule has 0 bridgehead atoms. The van der Waals surface area contributed by atoms with E-state index in [-0.39, 0.29) is 11.7 Å². The molecule has 2 heterocycles. The summed E-state index contributed by atoms with van der Waals surface area (Å²) in [4.78, 5) is 18.2. The summed E-state index contributed by atoms with van der Waals surface area (Å²) in [7, 11) is 0. The first-order chi connectivity index (χ1) is 17.1. The number of ketones is 1. The number of para-hydroxylation sites is 2. The standard InChI is InChI=1S/C29H22BrNO4/c1-2-17-33-22-13-9-20(10-14-22)28(32)24(29-31-25-5-3-4-6-27(25)35-29)18-23-15-16-26(34-23)19-7-11-21(30)12-8-19/h3-16,18H,2,17H2,1H3. The first-order valence-electron chi connectivity index (χ1n) is 11.3. The minimum atomic E-state index is -0.222. The maximum Gasteiger partial charge on any atom is 0.231 e. The molecule has 0 aliphatic carbocycles. The minimum absolute atomic E-state index is 0.222. The molecular weight excluding hydrogens is 506 g/mol. The van der Waals surface area contributed by atoms with Gasteiger partial charge in [-0.2, -0.15) is 0 Å². The van der Waals surface area contributed by atoms with Gasteiger partial charge in [-0.3, -0.25) is 4.79 Å². The van der Waals surface area contributed by atoms with E-state index < -0.39 is 0 Å². The Morgan fingerprint density at radius 3 is 2.46 bits per heavy atom. The smallest absolute Gasteiger partial charge is 0.231 e. The summed E-state index contributed by atoms with van der Waals surface area (Å²) < 4.78 is 18.6. The van der Waals surface area contributed by atoms with Crippen molar-refractivity contribution in [2.45, 2.75) is 13.3 Å². The molecule has 0 saturated carbocycles. The van der Waals surface area contributed by atoms with Crippen LogP contribution in [0.4, 0.5) is 0 Å². The number of hydrogen-bond acceptors (Lipinski definition) is 5. The van der Waals surface area contributed by atoms with Crippen molar-refractivity contribution < 1.29 is 18.4 Å². The summed E-state index contributed by atoms with van der Waals surface area (Å²) >= 11 is 3.45. The number of carbonyl (C=O) groups excluding carboxylic acids is 1. The number of benzene rings is 3. The Balaban J connectivity index is 1.53. The third kappa shape index (κ3) is 5.12. The first-order valence-corrected chi connectivity index (χ1v) is 12.1.